The average Bonchev–Trinajstić information content (AvgIpc) is 2.41. The Labute approximate surface area is 123 Å². The topological polar surface area (TPSA) is 9.23 Å². The van der Waals surface area contributed by atoms with Crippen LogP contribution in [0.2, 0.25) is 0 Å². The Bertz CT molecular complexity index is 196. The van der Waals surface area contributed by atoms with Gasteiger partial charge < -0.3 is 4.52 Å². The van der Waals surface area contributed by atoms with E-state index in [0.717, 1.165) is 5.92 Å². The van der Waals surface area contributed by atoms with Crippen molar-refractivity contribution in [2.45, 2.75) is 103 Å². The molecule has 0 aromatic carbocycles. The molecule has 0 heterocycles. The monoisotopic (exact) mass is 286 g/mol. The lowest BCUT2D eigenvalue weighted by atomic mass is 9.94. The molecule has 0 radical (unpaired) electrons. The minimum absolute atomic E-state index is 0.491. The predicted molar refractivity (Wildman–Crippen MR) is 88.4 cm³/mol. The van der Waals surface area contributed by atoms with E-state index in [9.17, 15) is 0 Å². The first-order chi connectivity index (χ1) is 9.33. The summed E-state index contributed by atoms with van der Waals surface area (Å²) in [5, 5.41) is 0. The van der Waals surface area contributed by atoms with Crippen LogP contribution in [0.5, 0.6) is 0 Å². The molecule has 0 bridgehead atoms. The molecule has 0 aliphatic heterocycles. The second-order valence-corrected chi connectivity index (χ2v) is 6.83. The third-order valence-electron chi connectivity index (χ3n) is 4.64. The van der Waals surface area contributed by atoms with Crippen LogP contribution >= 0.6 is 9.47 Å². The molecular formula is C17H35OP. The first kappa shape index (κ1) is 17.4. The van der Waals surface area contributed by atoms with Crippen LogP contribution < -0.4 is 0 Å². The summed E-state index contributed by atoms with van der Waals surface area (Å²) in [7, 11) is 2.48. The van der Waals surface area contributed by atoms with Gasteiger partial charge in [0.15, 0.2) is 0 Å². The highest BCUT2D eigenvalue weighted by molar-refractivity contribution is 7.09. The Balaban J connectivity index is 2.24. The number of rotatable bonds is 1. The molecule has 1 aliphatic rings. The van der Waals surface area contributed by atoms with Gasteiger partial charge in [0.05, 0.1) is 6.10 Å². The van der Waals surface area contributed by atoms with Crippen LogP contribution in [-0.4, -0.2) is 6.10 Å². The van der Waals surface area contributed by atoms with Crippen LogP contribution in [0.25, 0.3) is 0 Å². The minimum Gasteiger partial charge on any atom is -0.362 e. The largest absolute Gasteiger partial charge is 0.362 e. The summed E-state index contributed by atoms with van der Waals surface area (Å²) in [6, 6.07) is 0. The summed E-state index contributed by atoms with van der Waals surface area (Å²) in [6.07, 6.45) is 20.1. The SMILES string of the molecule is CC1CCCCCCCCCCCC(OP)CCC1. The molecular weight excluding hydrogens is 251 g/mol. The maximum Gasteiger partial charge on any atom is 0.0610 e. The van der Waals surface area contributed by atoms with Gasteiger partial charge in [-0.05, 0) is 18.8 Å². The van der Waals surface area contributed by atoms with Gasteiger partial charge >= 0.3 is 0 Å². The van der Waals surface area contributed by atoms with Crippen molar-refractivity contribution in [1.29, 1.82) is 0 Å². The van der Waals surface area contributed by atoms with Crippen molar-refractivity contribution in [2.24, 2.45) is 5.92 Å². The highest BCUT2D eigenvalue weighted by Crippen LogP contribution is 2.22. The standard InChI is InChI=1S/C17H35OP/c1-16-12-9-7-5-3-2-4-6-8-10-14-17(18-19)15-11-13-16/h16-17H,2-15,19H2,1H3. The average molecular weight is 286 g/mol. The Morgan fingerprint density at radius 3 is 1.63 bits per heavy atom. The van der Waals surface area contributed by atoms with Crippen LogP contribution in [0.4, 0.5) is 0 Å². The van der Waals surface area contributed by atoms with Gasteiger partial charge in [-0.2, -0.15) is 0 Å². The first-order valence-electron chi connectivity index (χ1n) is 8.68. The Morgan fingerprint density at radius 1 is 0.632 bits per heavy atom. The second-order valence-electron chi connectivity index (χ2n) is 6.55. The smallest absolute Gasteiger partial charge is 0.0610 e. The zero-order chi connectivity index (χ0) is 13.8. The van der Waals surface area contributed by atoms with Crippen molar-refractivity contribution >= 4 is 9.47 Å². The molecule has 114 valence electrons. The van der Waals surface area contributed by atoms with Crippen LogP contribution in [-0.2, 0) is 4.52 Å². The molecule has 0 aromatic rings. The molecule has 3 unspecified atom stereocenters. The van der Waals surface area contributed by atoms with Crippen LogP contribution in [0.3, 0.4) is 0 Å². The fourth-order valence-corrected chi connectivity index (χ4v) is 3.49. The normalized spacial score (nSPS) is 30.0. The zero-order valence-electron chi connectivity index (χ0n) is 13.0. The van der Waals surface area contributed by atoms with E-state index in [2.05, 4.69) is 16.4 Å². The summed E-state index contributed by atoms with van der Waals surface area (Å²) in [5.41, 5.74) is 0. The van der Waals surface area contributed by atoms with Gasteiger partial charge in [0, 0.05) is 9.47 Å². The molecule has 19 heavy (non-hydrogen) atoms. The first-order valence-corrected chi connectivity index (χ1v) is 9.15. The lowest BCUT2D eigenvalue weighted by molar-refractivity contribution is 0.201. The van der Waals surface area contributed by atoms with E-state index in [4.69, 9.17) is 4.52 Å². The van der Waals surface area contributed by atoms with E-state index < -0.39 is 0 Å². The summed E-state index contributed by atoms with van der Waals surface area (Å²) < 4.78 is 5.55. The summed E-state index contributed by atoms with van der Waals surface area (Å²) in [5.74, 6) is 0.915. The molecule has 0 amide bonds. The predicted octanol–water partition coefficient (Wildman–Crippen LogP) is 6.27. The minimum atomic E-state index is 0.491. The quantitative estimate of drug-likeness (QED) is 0.516. The number of hydrogen-bond donors (Lipinski definition) is 0. The van der Waals surface area contributed by atoms with E-state index in [1.54, 1.807) is 0 Å². The van der Waals surface area contributed by atoms with Gasteiger partial charge in [0.1, 0.15) is 0 Å². The van der Waals surface area contributed by atoms with Gasteiger partial charge in [-0.15, -0.1) is 0 Å². The third kappa shape index (κ3) is 9.85. The van der Waals surface area contributed by atoms with Crippen molar-refractivity contribution in [3.8, 4) is 0 Å². The molecule has 0 aromatic heterocycles. The van der Waals surface area contributed by atoms with E-state index in [1.807, 2.05) is 0 Å². The van der Waals surface area contributed by atoms with Crippen molar-refractivity contribution in [1.82, 2.24) is 0 Å². The molecule has 1 nitrogen and oxygen atoms in total. The Kier molecular flexibility index (Phi) is 11.2. The molecule has 1 aliphatic carbocycles. The highest BCUT2D eigenvalue weighted by atomic mass is 31.0. The molecule has 3 atom stereocenters. The summed E-state index contributed by atoms with van der Waals surface area (Å²) >= 11 is 0. The van der Waals surface area contributed by atoms with Crippen molar-refractivity contribution in [3.05, 3.63) is 0 Å². The van der Waals surface area contributed by atoms with Crippen LogP contribution in [0.15, 0.2) is 0 Å². The van der Waals surface area contributed by atoms with E-state index in [1.165, 1.54) is 89.9 Å². The van der Waals surface area contributed by atoms with Crippen molar-refractivity contribution < 1.29 is 4.52 Å². The van der Waals surface area contributed by atoms with Gasteiger partial charge in [0.2, 0.25) is 0 Å². The second kappa shape index (κ2) is 12.2. The molecule has 1 rings (SSSR count). The van der Waals surface area contributed by atoms with Gasteiger partial charge in [-0.3, -0.25) is 0 Å². The van der Waals surface area contributed by atoms with Gasteiger partial charge in [-0.1, -0.05) is 84.0 Å². The highest BCUT2D eigenvalue weighted by Gasteiger charge is 2.09. The van der Waals surface area contributed by atoms with Crippen LogP contribution in [0.1, 0.15) is 96.8 Å². The lowest BCUT2D eigenvalue weighted by Gasteiger charge is -2.17. The Morgan fingerprint density at radius 2 is 1.05 bits per heavy atom. The molecule has 1 saturated carbocycles. The molecule has 0 spiro atoms. The molecule has 0 N–H and O–H groups in total. The zero-order valence-corrected chi connectivity index (χ0v) is 14.2. The summed E-state index contributed by atoms with van der Waals surface area (Å²) in [4.78, 5) is 0. The third-order valence-corrected chi connectivity index (χ3v) is 5.02. The fourth-order valence-electron chi connectivity index (χ4n) is 3.22. The van der Waals surface area contributed by atoms with Crippen molar-refractivity contribution in [3.63, 3.8) is 0 Å². The van der Waals surface area contributed by atoms with E-state index >= 15 is 0 Å². The molecule has 2 heteroatoms. The van der Waals surface area contributed by atoms with Gasteiger partial charge in [-0.25, -0.2) is 0 Å². The maximum absolute atomic E-state index is 5.55. The molecule has 0 saturated heterocycles. The fraction of sp³-hybridized carbons (Fsp3) is 1.00. The lowest BCUT2D eigenvalue weighted by Crippen LogP contribution is -2.08. The summed E-state index contributed by atoms with van der Waals surface area (Å²) in [6.45, 7) is 2.43. The maximum atomic E-state index is 5.55. The number of hydrogen-bond acceptors (Lipinski definition) is 1. The Hall–Kier alpha value is 0.390. The van der Waals surface area contributed by atoms with Crippen molar-refractivity contribution in [2.75, 3.05) is 0 Å². The van der Waals surface area contributed by atoms with Gasteiger partial charge in [0.25, 0.3) is 0 Å². The van der Waals surface area contributed by atoms with Crippen LogP contribution in [0, 0.1) is 5.92 Å². The van der Waals surface area contributed by atoms with E-state index in [-0.39, 0.29) is 0 Å². The van der Waals surface area contributed by atoms with E-state index in [0.29, 0.717) is 6.10 Å². The molecule has 1 fully saturated rings.